The van der Waals surface area contributed by atoms with E-state index in [9.17, 15) is 9.18 Å². The smallest absolute Gasteiger partial charge is 0.254 e. The quantitative estimate of drug-likeness (QED) is 0.842. The van der Waals surface area contributed by atoms with Gasteiger partial charge in [-0.25, -0.2) is 4.39 Å². The highest BCUT2D eigenvalue weighted by atomic mass is 19.1. The number of nitrogens with zero attached hydrogens (tertiary/aromatic N) is 2. The molecule has 138 valence electrons. The number of halogens is 1. The Bertz CT molecular complexity index is 799. The third-order valence-electron chi connectivity index (χ3n) is 4.91. The highest BCUT2D eigenvalue weighted by Crippen LogP contribution is 2.20. The molecular formula is C21H25FN2O2. The van der Waals surface area contributed by atoms with Crippen molar-refractivity contribution in [1.82, 2.24) is 9.80 Å². The van der Waals surface area contributed by atoms with Gasteiger partial charge in [0.15, 0.2) is 11.6 Å². The Balaban J connectivity index is 1.59. The zero-order chi connectivity index (χ0) is 18.7. The highest BCUT2D eigenvalue weighted by molar-refractivity contribution is 5.95. The molecular weight excluding hydrogens is 331 g/mol. The number of piperazine rings is 1. The molecule has 0 aliphatic carbocycles. The van der Waals surface area contributed by atoms with Crippen molar-refractivity contribution < 1.29 is 13.9 Å². The van der Waals surface area contributed by atoms with Gasteiger partial charge in [0.1, 0.15) is 0 Å². The van der Waals surface area contributed by atoms with Crippen LogP contribution in [0.2, 0.25) is 0 Å². The number of carbonyl (C=O) groups excluding carboxylic acids is 1. The number of hydrogen-bond donors (Lipinski definition) is 0. The second kappa shape index (κ2) is 7.87. The summed E-state index contributed by atoms with van der Waals surface area (Å²) in [4.78, 5) is 17.0. The molecule has 0 atom stereocenters. The minimum Gasteiger partial charge on any atom is -0.494 e. The first-order chi connectivity index (χ1) is 12.5. The average molecular weight is 356 g/mol. The minimum absolute atomic E-state index is 0.0985. The first-order valence-corrected chi connectivity index (χ1v) is 8.89. The maximum absolute atomic E-state index is 13.8. The average Bonchev–Trinajstić information content (AvgIpc) is 2.64. The number of amides is 1. The number of benzene rings is 2. The van der Waals surface area contributed by atoms with Gasteiger partial charge in [-0.2, -0.15) is 0 Å². The van der Waals surface area contributed by atoms with E-state index in [4.69, 9.17) is 4.74 Å². The molecule has 1 saturated heterocycles. The molecule has 5 heteroatoms. The molecule has 1 heterocycles. The van der Waals surface area contributed by atoms with Crippen molar-refractivity contribution in [3.8, 4) is 5.75 Å². The van der Waals surface area contributed by atoms with Crippen molar-refractivity contribution >= 4 is 5.91 Å². The molecule has 4 nitrogen and oxygen atoms in total. The molecule has 0 radical (unpaired) electrons. The molecule has 1 amide bonds. The van der Waals surface area contributed by atoms with E-state index in [0.717, 1.165) is 35.3 Å². The second-order valence-electron chi connectivity index (χ2n) is 6.86. The Morgan fingerprint density at radius 3 is 2.46 bits per heavy atom. The third kappa shape index (κ3) is 4.05. The molecule has 26 heavy (non-hydrogen) atoms. The predicted molar refractivity (Wildman–Crippen MR) is 100 cm³/mol. The fourth-order valence-corrected chi connectivity index (χ4v) is 3.31. The van der Waals surface area contributed by atoms with Crippen LogP contribution in [0.3, 0.4) is 0 Å². The normalized spacial score (nSPS) is 15.2. The van der Waals surface area contributed by atoms with Gasteiger partial charge in [-0.05, 0) is 43.2 Å². The van der Waals surface area contributed by atoms with Gasteiger partial charge in [-0.1, -0.05) is 23.8 Å². The van der Waals surface area contributed by atoms with Crippen molar-refractivity contribution in [3.63, 3.8) is 0 Å². The first kappa shape index (κ1) is 18.4. The summed E-state index contributed by atoms with van der Waals surface area (Å²) in [7, 11) is 1.46. The van der Waals surface area contributed by atoms with E-state index >= 15 is 0 Å². The number of ether oxygens (including phenoxy) is 1. The number of hydrogen-bond acceptors (Lipinski definition) is 3. The van der Waals surface area contributed by atoms with Crippen LogP contribution in [0.5, 0.6) is 5.75 Å². The molecule has 0 bridgehead atoms. The Labute approximate surface area is 154 Å². The molecule has 0 N–H and O–H groups in total. The lowest BCUT2D eigenvalue weighted by molar-refractivity contribution is 0.0627. The summed E-state index contributed by atoms with van der Waals surface area (Å²) in [5.41, 5.74) is 3.81. The molecule has 3 rings (SSSR count). The zero-order valence-corrected chi connectivity index (χ0v) is 15.6. The Hall–Kier alpha value is -2.40. The van der Waals surface area contributed by atoms with Gasteiger partial charge in [0.05, 0.1) is 7.11 Å². The maximum Gasteiger partial charge on any atom is 0.254 e. The van der Waals surface area contributed by atoms with Crippen LogP contribution >= 0.6 is 0 Å². The Morgan fingerprint density at radius 1 is 1.08 bits per heavy atom. The van der Waals surface area contributed by atoms with Crippen LogP contribution in [0.15, 0.2) is 36.4 Å². The lowest BCUT2D eigenvalue weighted by Gasteiger charge is -2.35. The van der Waals surface area contributed by atoms with Crippen molar-refractivity contribution in [3.05, 3.63) is 64.5 Å². The van der Waals surface area contributed by atoms with Crippen LogP contribution in [-0.4, -0.2) is 49.0 Å². The van der Waals surface area contributed by atoms with Crippen molar-refractivity contribution in [2.75, 3.05) is 33.3 Å². The third-order valence-corrected chi connectivity index (χ3v) is 4.91. The summed E-state index contributed by atoms with van der Waals surface area (Å²) in [6.45, 7) is 7.58. The van der Waals surface area contributed by atoms with Gasteiger partial charge in [0.25, 0.3) is 5.91 Å². The summed E-state index contributed by atoms with van der Waals surface area (Å²) < 4.78 is 18.8. The highest BCUT2D eigenvalue weighted by Gasteiger charge is 2.23. The number of carbonyl (C=O) groups is 1. The fraction of sp³-hybridized carbons (Fsp3) is 0.381. The summed E-state index contributed by atoms with van der Waals surface area (Å²) in [6.07, 6.45) is 0. The van der Waals surface area contributed by atoms with E-state index in [2.05, 4.69) is 4.90 Å². The maximum atomic E-state index is 13.8. The van der Waals surface area contributed by atoms with Crippen molar-refractivity contribution in [2.45, 2.75) is 20.4 Å². The molecule has 1 aliphatic rings. The van der Waals surface area contributed by atoms with E-state index in [0.29, 0.717) is 19.6 Å². The van der Waals surface area contributed by atoms with E-state index in [1.807, 2.05) is 43.0 Å². The minimum atomic E-state index is -0.339. The van der Waals surface area contributed by atoms with Crippen LogP contribution in [0, 0.1) is 19.7 Å². The number of rotatable bonds is 4. The predicted octanol–water partition coefficient (Wildman–Crippen LogP) is 3.41. The van der Waals surface area contributed by atoms with Gasteiger partial charge in [-0.3, -0.25) is 9.69 Å². The number of aryl methyl sites for hydroxylation is 2. The lowest BCUT2D eigenvalue weighted by atomic mass is 10.0. The van der Waals surface area contributed by atoms with Gasteiger partial charge < -0.3 is 9.64 Å². The summed E-state index contributed by atoms with van der Waals surface area (Å²) in [6, 6.07) is 11.0. The Kier molecular flexibility index (Phi) is 5.57. The second-order valence-corrected chi connectivity index (χ2v) is 6.86. The van der Waals surface area contributed by atoms with Crippen LogP contribution in [-0.2, 0) is 6.54 Å². The van der Waals surface area contributed by atoms with Gasteiger partial charge in [0, 0.05) is 38.3 Å². The van der Waals surface area contributed by atoms with E-state index < -0.39 is 0 Å². The monoisotopic (exact) mass is 356 g/mol. The van der Waals surface area contributed by atoms with E-state index in [-0.39, 0.29) is 17.5 Å². The van der Waals surface area contributed by atoms with Crippen molar-refractivity contribution in [2.24, 2.45) is 0 Å². The molecule has 2 aromatic carbocycles. The first-order valence-electron chi connectivity index (χ1n) is 8.89. The van der Waals surface area contributed by atoms with E-state index in [1.165, 1.54) is 13.2 Å². The number of methoxy groups -OCH3 is 1. The van der Waals surface area contributed by atoms with Crippen LogP contribution in [0.4, 0.5) is 4.39 Å². The zero-order valence-electron chi connectivity index (χ0n) is 15.6. The Morgan fingerprint density at radius 2 is 1.81 bits per heavy atom. The molecule has 0 unspecified atom stereocenters. The molecule has 0 spiro atoms. The lowest BCUT2D eigenvalue weighted by Crippen LogP contribution is -2.48. The molecule has 1 fully saturated rings. The van der Waals surface area contributed by atoms with E-state index in [1.54, 1.807) is 6.07 Å². The standard InChI is InChI=1S/C21H25FN2O2/c1-15-4-5-16(2)18(12-15)21(25)24-10-8-23(9-11-24)14-17-6-7-20(26-3)19(22)13-17/h4-7,12-13H,8-11,14H2,1-3H3. The van der Waals surface area contributed by atoms with Crippen LogP contribution in [0.25, 0.3) is 0 Å². The summed E-state index contributed by atoms with van der Waals surface area (Å²) >= 11 is 0. The molecule has 0 aromatic heterocycles. The van der Waals surface area contributed by atoms with Gasteiger partial charge in [0.2, 0.25) is 0 Å². The van der Waals surface area contributed by atoms with Gasteiger partial charge >= 0.3 is 0 Å². The van der Waals surface area contributed by atoms with Gasteiger partial charge in [-0.15, -0.1) is 0 Å². The van der Waals surface area contributed by atoms with Crippen LogP contribution in [0.1, 0.15) is 27.0 Å². The molecule has 0 saturated carbocycles. The van der Waals surface area contributed by atoms with Crippen LogP contribution < -0.4 is 4.74 Å². The SMILES string of the molecule is COc1ccc(CN2CCN(C(=O)c3cc(C)ccc3C)CC2)cc1F. The summed E-state index contributed by atoms with van der Waals surface area (Å²) in [5.74, 6) is 0.0211. The summed E-state index contributed by atoms with van der Waals surface area (Å²) in [5, 5.41) is 0. The largest absolute Gasteiger partial charge is 0.494 e. The fourth-order valence-electron chi connectivity index (χ4n) is 3.31. The topological polar surface area (TPSA) is 32.8 Å². The molecule has 1 aliphatic heterocycles. The molecule has 2 aromatic rings. The van der Waals surface area contributed by atoms with Crippen molar-refractivity contribution in [1.29, 1.82) is 0 Å².